The minimum atomic E-state index is -4.04. The molecule has 27 heavy (non-hydrogen) atoms. The summed E-state index contributed by atoms with van der Waals surface area (Å²) in [5, 5.41) is 3.06. The molecule has 1 aliphatic carbocycles. The lowest BCUT2D eigenvalue weighted by atomic mass is 10.2. The first-order valence-corrected chi connectivity index (χ1v) is 10.4. The van der Waals surface area contributed by atoms with Gasteiger partial charge in [-0.05, 0) is 18.4 Å². The molecule has 0 unspecified atom stereocenters. The molecule has 0 spiro atoms. The van der Waals surface area contributed by atoms with Crippen LogP contribution in [0, 0.1) is 0 Å². The van der Waals surface area contributed by atoms with Crippen LogP contribution in [0.2, 0.25) is 0 Å². The van der Waals surface area contributed by atoms with Gasteiger partial charge >= 0.3 is 6.18 Å². The number of alkyl halides is 5. The van der Waals surface area contributed by atoms with Crippen LogP contribution < -0.4 is 5.32 Å². The molecule has 154 valence electrons. The van der Waals surface area contributed by atoms with Gasteiger partial charge in [0.05, 0.1) is 0 Å². The Labute approximate surface area is 169 Å². The lowest BCUT2D eigenvalue weighted by Crippen LogP contribution is -2.55. The van der Waals surface area contributed by atoms with E-state index in [0.717, 1.165) is 19.6 Å². The van der Waals surface area contributed by atoms with Crippen molar-refractivity contribution in [3.8, 4) is 0 Å². The first kappa shape index (κ1) is 22.8. The number of halogens is 5. The normalized spacial score (nSPS) is 19.5. The summed E-state index contributed by atoms with van der Waals surface area (Å²) in [5.41, 5.74) is -0.141. The molecule has 1 heterocycles. The largest absolute Gasteiger partial charge is 0.406 e. The smallest absolute Gasteiger partial charge is 0.314 e. The highest BCUT2D eigenvalue weighted by molar-refractivity contribution is 6.18. The third kappa shape index (κ3) is 6.79. The van der Waals surface area contributed by atoms with Crippen molar-refractivity contribution in [1.82, 2.24) is 15.1 Å². The van der Waals surface area contributed by atoms with Crippen LogP contribution in [-0.4, -0.2) is 72.5 Å². The van der Waals surface area contributed by atoms with Gasteiger partial charge in [-0.3, -0.25) is 9.80 Å². The first-order chi connectivity index (χ1) is 12.9. The van der Waals surface area contributed by atoms with E-state index >= 15 is 0 Å². The van der Waals surface area contributed by atoms with Crippen LogP contribution in [0.25, 0.3) is 0 Å². The minimum absolute atomic E-state index is 0.288. The van der Waals surface area contributed by atoms with Gasteiger partial charge in [0.15, 0.2) is 0 Å². The first-order valence-electron chi connectivity index (χ1n) is 9.33. The van der Waals surface area contributed by atoms with Gasteiger partial charge in [-0.1, -0.05) is 30.3 Å². The molecule has 0 bridgehead atoms. The summed E-state index contributed by atoms with van der Waals surface area (Å²) >= 11 is 11.4. The second-order valence-corrected chi connectivity index (χ2v) is 7.66. The quantitative estimate of drug-likeness (QED) is 0.667. The number of hydrogen-bond donors (Lipinski definition) is 1. The van der Waals surface area contributed by atoms with Crippen molar-refractivity contribution in [3.05, 3.63) is 35.9 Å². The van der Waals surface area contributed by atoms with Gasteiger partial charge in [0, 0.05) is 57.6 Å². The molecule has 0 amide bonds. The molecule has 3 rings (SSSR count). The molecule has 1 aliphatic heterocycles. The number of rotatable bonds is 7. The van der Waals surface area contributed by atoms with Crippen molar-refractivity contribution in [3.63, 3.8) is 0 Å². The van der Waals surface area contributed by atoms with Gasteiger partial charge in [0.1, 0.15) is 5.54 Å². The monoisotopic (exact) mass is 425 g/mol. The van der Waals surface area contributed by atoms with E-state index < -0.39 is 11.7 Å². The molecule has 1 saturated carbocycles. The van der Waals surface area contributed by atoms with Gasteiger partial charge in [-0.15, -0.1) is 23.2 Å². The maximum atomic E-state index is 12.6. The molecule has 0 radical (unpaired) electrons. The molecule has 3 nitrogen and oxygen atoms in total. The van der Waals surface area contributed by atoms with Gasteiger partial charge < -0.3 is 5.32 Å². The van der Waals surface area contributed by atoms with Crippen LogP contribution >= 0.6 is 23.2 Å². The lowest BCUT2D eigenvalue weighted by Gasteiger charge is -2.36. The SMILES string of the molecule is ClCCN(CCCl)Cc1ccccc1.FC(F)(F)C1(N2CCNCC2)CC1. The van der Waals surface area contributed by atoms with Crippen LogP contribution in [0.1, 0.15) is 18.4 Å². The van der Waals surface area contributed by atoms with Crippen molar-refractivity contribution in [2.75, 3.05) is 51.0 Å². The van der Waals surface area contributed by atoms with Crippen molar-refractivity contribution >= 4 is 23.2 Å². The van der Waals surface area contributed by atoms with E-state index in [2.05, 4.69) is 34.5 Å². The zero-order valence-electron chi connectivity index (χ0n) is 15.4. The van der Waals surface area contributed by atoms with Gasteiger partial charge in [-0.25, -0.2) is 0 Å². The lowest BCUT2D eigenvalue weighted by molar-refractivity contribution is -0.197. The van der Waals surface area contributed by atoms with E-state index in [9.17, 15) is 13.2 Å². The summed E-state index contributed by atoms with van der Waals surface area (Å²) in [6.07, 6.45) is -3.46. The van der Waals surface area contributed by atoms with Crippen molar-refractivity contribution in [1.29, 1.82) is 0 Å². The molecule has 1 N–H and O–H groups in total. The van der Waals surface area contributed by atoms with Crippen LogP contribution in [0.4, 0.5) is 13.2 Å². The van der Waals surface area contributed by atoms with Crippen molar-refractivity contribution < 1.29 is 13.2 Å². The molecule has 1 saturated heterocycles. The Balaban J connectivity index is 0.000000194. The highest BCUT2D eigenvalue weighted by atomic mass is 35.5. The maximum absolute atomic E-state index is 12.6. The van der Waals surface area contributed by atoms with Crippen LogP contribution in [0.3, 0.4) is 0 Å². The second-order valence-electron chi connectivity index (χ2n) is 6.91. The van der Waals surface area contributed by atoms with Gasteiger partial charge in [0.2, 0.25) is 0 Å². The minimum Gasteiger partial charge on any atom is -0.314 e. The van der Waals surface area contributed by atoms with Crippen LogP contribution in [-0.2, 0) is 6.54 Å². The zero-order valence-corrected chi connectivity index (χ0v) is 17.0. The highest BCUT2D eigenvalue weighted by Gasteiger charge is 2.66. The molecule has 0 aromatic heterocycles. The Morgan fingerprint density at radius 3 is 2.00 bits per heavy atom. The fourth-order valence-electron chi connectivity index (χ4n) is 3.34. The number of benzene rings is 1. The average Bonchev–Trinajstić information content (AvgIpc) is 3.46. The third-order valence-electron chi connectivity index (χ3n) is 5.02. The van der Waals surface area contributed by atoms with E-state index in [1.54, 1.807) is 4.90 Å². The Hall–Kier alpha value is -0.530. The van der Waals surface area contributed by atoms with Crippen LogP contribution in [0.15, 0.2) is 30.3 Å². The summed E-state index contributed by atoms with van der Waals surface area (Å²) in [7, 11) is 0. The third-order valence-corrected chi connectivity index (χ3v) is 5.36. The average molecular weight is 426 g/mol. The van der Waals surface area contributed by atoms with E-state index in [4.69, 9.17) is 23.2 Å². The van der Waals surface area contributed by atoms with E-state index in [1.165, 1.54) is 5.56 Å². The summed E-state index contributed by atoms with van der Waals surface area (Å²) < 4.78 is 37.9. The molecule has 8 heteroatoms. The number of nitrogens with zero attached hydrogens (tertiary/aromatic N) is 2. The summed E-state index contributed by atoms with van der Waals surface area (Å²) in [5.74, 6) is 1.31. The number of piperazine rings is 1. The summed E-state index contributed by atoms with van der Waals surface area (Å²) in [6, 6.07) is 10.4. The van der Waals surface area contributed by atoms with Crippen molar-refractivity contribution in [2.24, 2.45) is 0 Å². The molecule has 1 aromatic carbocycles. The van der Waals surface area contributed by atoms with Crippen molar-refractivity contribution in [2.45, 2.75) is 31.1 Å². The second kappa shape index (κ2) is 10.9. The van der Waals surface area contributed by atoms with E-state index in [-0.39, 0.29) is 12.8 Å². The summed E-state index contributed by atoms with van der Waals surface area (Å²) in [4.78, 5) is 3.85. The number of hydrogen-bond acceptors (Lipinski definition) is 3. The predicted octanol–water partition coefficient (Wildman–Crippen LogP) is 3.95. The molecule has 0 atom stereocenters. The fraction of sp³-hybridized carbons (Fsp3) is 0.684. The maximum Gasteiger partial charge on any atom is 0.406 e. The fourth-order valence-corrected chi connectivity index (χ4v) is 3.82. The Bertz CT molecular complexity index is 527. The molecular weight excluding hydrogens is 398 g/mol. The number of nitrogens with one attached hydrogen (secondary N) is 1. The zero-order chi connectivity index (χ0) is 19.8. The molecular formula is C19H28Cl2F3N3. The van der Waals surface area contributed by atoms with Gasteiger partial charge in [0.25, 0.3) is 0 Å². The van der Waals surface area contributed by atoms with Crippen LogP contribution in [0.5, 0.6) is 0 Å². The topological polar surface area (TPSA) is 18.5 Å². The van der Waals surface area contributed by atoms with E-state index in [0.29, 0.717) is 37.9 Å². The van der Waals surface area contributed by atoms with Gasteiger partial charge in [-0.2, -0.15) is 13.2 Å². The Morgan fingerprint density at radius 2 is 1.56 bits per heavy atom. The van der Waals surface area contributed by atoms with E-state index in [1.807, 2.05) is 6.07 Å². The highest BCUT2D eigenvalue weighted by Crippen LogP contribution is 2.53. The molecule has 2 fully saturated rings. The Morgan fingerprint density at radius 1 is 1.00 bits per heavy atom. The molecule has 2 aliphatic rings. The predicted molar refractivity (Wildman–Crippen MR) is 106 cm³/mol. The molecule has 1 aromatic rings. The summed E-state index contributed by atoms with van der Waals surface area (Å²) in [6.45, 7) is 5.13. The standard InChI is InChI=1S/C11H15Cl2N.C8H13F3N2/c12-6-8-14(9-7-13)10-11-4-2-1-3-5-11;9-8(10,11)7(1-2-7)13-5-3-12-4-6-13/h1-5H,6-10H2;12H,1-6H2. The Kier molecular flexibility index (Phi) is 9.16.